The molecule has 2 aliphatic rings. The molecule has 1 aromatic rings. The molecule has 0 aliphatic carbocycles. The second kappa shape index (κ2) is 6.84. The van der Waals surface area contributed by atoms with Crippen LogP contribution in [-0.4, -0.2) is 70.7 Å². The van der Waals surface area contributed by atoms with Crippen molar-refractivity contribution < 1.29 is 14.6 Å². The molecule has 23 heavy (non-hydrogen) atoms. The molecule has 0 radical (unpaired) electrons. The molecule has 0 bridgehead atoms. The first-order valence-electron chi connectivity index (χ1n) is 8.43. The van der Waals surface area contributed by atoms with Crippen LogP contribution >= 0.6 is 0 Å². The Morgan fingerprint density at radius 1 is 1.39 bits per heavy atom. The predicted octanol–water partition coefficient (Wildman–Crippen LogP) is 1.15. The summed E-state index contributed by atoms with van der Waals surface area (Å²) >= 11 is 0. The number of likely N-dealkylation sites (tertiary alicyclic amines) is 2. The van der Waals surface area contributed by atoms with Gasteiger partial charge < -0.3 is 19.6 Å². The average molecular weight is 319 g/mol. The first kappa shape index (κ1) is 16.2. The van der Waals surface area contributed by atoms with E-state index in [1.165, 1.54) is 12.8 Å². The van der Waals surface area contributed by atoms with Gasteiger partial charge in [0.2, 0.25) is 5.88 Å². The summed E-state index contributed by atoms with van der Waals surface area (Å²) in [5, 5.41) is 10.8. The van der Waals surface area contributed by atoms with E-state index in [1.807, 2.05) is 6.92 Å². The Hall–Kier alpha value is -1.66. The Kier molecular flexibility index (Phi) is 4.82. The van der Waals surface area contributed by atoms with Crippen LogP contribution in [0.4, 0.5) is 0 Å². The molecular weight excluding hydrogens is 294 g/mol. The Morgan fingerprint density at radius 3 is 2.91 bits per heavy atom. The molecule has 6 heteroatoms. The van der Waals surface area contributed by atoms with Crippen molar-refractivity contribution in [2.75, 3.05) is 39.3 Å². The van der Waals surface area contributed by atoms with E-state index < -0.39 is 5.60 Å². The summed E-state index contributed by atoms with van der Waals surface area (Å²) in [5.41, 5.74) is -0.326. The highest BCUT2D eigenvalue weighted by atomic mass is 16.5. The number of aliphatic hydroxyl groups is 1. The van der Waals surface area contributed by atoms with Crippen LogP contribution in [0.3, 0.4) is 0 Å². The average Bonchev–Trinajstić information content (AvgIpc) is 3.18. The van der Waals surface area contributed by atoms with Gasteiger partial charge in [-0.1, -0.05) is 0 Å². The lowest BCUT2D eigenvalue weighted by Gasteiger charge is -2.28. The fraction of sp³-hybridized carbons (Fsp3) is 0.647. The van der Waals surface area contributed by atoms with E-state index >= 15 is 0 Å². The molecule has 1 aromatic heterocycles. The van der Waals surface area contributed by atoms with Crippen molar-refractivity contribution in [3.8, 4) is 5.88 Å². The summed E-state index contributed by atoms with van der Waals surface area (Å²) in [4.78, 5) is 20.9. The number of carbonyl (C=O) groups excluding carboxylic acids is 1. The molecule has 2 saturated heterocycles. The molecule has 0 saturated carbocycles. The van der Waals surface area contributed by atoms with Crippen LogP contribution < -0.4 is 4.74 Å². The standard InChI is InChI=1S/C17H25N3O3/c1-2-23-15-14(6-5-8-18-15)16(21)20-11-7-17(22,13-20)12-19-9-3-4-10-19/h5-6,8,22H,2-4,7,9-13H2,1H3/t17-/m0/s1. The number of β-amino-alcohol motifs (C(OH)–C–C–N with tert-alkyl or cyclic N) is 1. The van der Waals surface area contributed by atoms with Gasteiger partial charge in [-0.15, -0.1) is 0 Å². The molecule has 0 aromatic carbocycles. The van der Waals surface area contributed by atoms with Gasteiger partial charge in [0, 0.05) is 19.3 Å². The topological polar surface area (TPSA) is 65.9 Å². The van der Waals surface area contributed by atoms with Gasteiger partial charge in [-0.25, -0.2) is 4.98 Å². The third-order valence-corrected chi connectivity index (χ3v) is 4.62. The van der Waals surface area contributed by atoms with Crippen molar-refractivity contribution in [2.24, 2.45) is 0 Å². The first-order valence-corrected chi connectivity index (χ1v) is 8.43. The van der Waals surface area contributed by atoms with Gasteiger partial charge in [0.15, 0.2) is 0 Å². The Bertz CT molecular complexity index is 560. The van der Waals surface area contributed by atoms with Crippen LogP contribution in [0, 0.1) is 0 Å². The maximum atomic E-state index is 12.7. The maximum absolute atomic E-state index is 12.7. The van der Waals surface area contributed by atoms with Crippen LogP contribution in [0.25, 0.3) is 0 Å². The molecule has 0 unspecified atom stereocenters. The van der Waals surface area contributed by atoms with Gasteiger partial charge in [-0.2, -0.15) is 0 Å². The van der Waals surface area contributed by atoms with Crippen molar-refractivity contribution in [3.63, 3.8) is 0 Å². The number of ether oxygens (including phenoxy) is 1. The molecule has 3 heterocycles. The molecule has 126 valence electrons. The molecule has 1 N–H and O–H groups in total. The van der Waals surface area contributed by atoms with Gasteiger partial charge in [-0.05, 0) is 51.4 Å². The molecule has 3 rings (SSSR count). The smallest absolute Gasteiger partial charge is 0.259 e. The van der Waals surface area contributed by atoms with Crippen LogP contribution in [0.5, 0.6) is 5.88 Å². The van der Waals surface area contributed by atoms with E-state index in [4.69, 9.17) is 4.74 Å². The van der Waals surface area contributed by atoms with E-state index in [1.54, 1.807) is 23.2 Å². The summed E-state index contributed by atoms with van der Waals surface area (Å²) in [6, 6.07) is 3.47. The van der Waals surface area contributed by atoms with Gasteiger partial charge in [0.25, 0.3) is 5.91 Å². The summed E-state index contributed by atoms with van der Waals surface area (Å²) in [6.45, 7) is 6.04. The number of amides is 1. The summed E-state index contributed by atoms with van der Waals surface area (Å²) in [6.07, 6.45) is 4.65. The maximum Gasteiger partial charge on any atom is 0.259 e. The van der Waals surface area contributed by atoms with Gasteiger partial charge >= 0.3 is 0 Å². The van der Waals surface area contributed by atoms with Crippen LogP contribution in [-0.2, 0) is 0 Å². The fourth-order valence-corrected chi connectivity index (χ4v) is 3.49. The third kappa shape index (κ3) is 3.64. The van der Waals surface area contributed by atoms with Crippen molar-refractivity contribution in [1.29, 1.82) is 0 Å². The van der Waals surface area contributed by atoms with Crippen molar-refractivity contribution >= 4 is 5.91 Å². The second-order valence-corrected chi connectivity index (χ2v) is 6.47. The first-order chi connectivity index (χ1) is 11.1. The van der Waals surface area contributed by atoms with Gasteiger partial charge in [0.05, 0.1) is 18.8 Å². The highest BCUT2D eigenvalue weighted by molar-refractivity contribution is 5.96. The SMILES string of the molecule is CCOc1ncccc1C(=O)N1CC[C@](O)(CN2CCCC2)C1. The lowest BCUT2D eigenvalue weighted by molar-refractivity contribution is 0.0175. The minimum atomic E-state index is -0.798. The number of nitrogens with zero attached hydrogens (tertiary/aromatic N) is 3. The number of hydrogen-bond donors (Lipinski definition) is 1. The molecule has 1 atom stereocenters. The normalized spacial score (nSPS) is 25.0. The fourth-order valence-electron chi connectivity index (χ4n) is 3.49. The van der Waals surface area contributed by atoms with E-state index in [2.05, 4.69) is 9.88 Å². The largest absolute Gasteiger partial charge is 0.477 e. The van der Waals surface area contributed by atoms with E-state index in [-0.39, 0.29) is 5.91 Å². The molecule has 6 nitrogen and oxygen atoms in total. The zero-order chi connectivity index (χ0) is 16.3. The molecular formula is C17H25N3O3. The van der Waals surface area contributed by atoms with Crippen LogP contribution in [0.15, 0.2) is 18.3 Å². The van der Waals surface area contributed by atoms with Gasteiger partial charge in [-0.3, -0.25) is 4.79 Å². The number of pyridine rings is 1. The highest BCUT2D eigenvalue weighted by Crippen LogP contribution is 2.27. The minimum Gasteiger partial charge on any atom is -0.477 e. The monoisotopic (exact) mass is 319 g/mol. The molecule has 1 amide bonds. The third-order valence-electron chi connectivity index (χ3n) is 4.62. The number of rotatable bonds is 5. The van der Waals surface area contributed by atoms with E-state index in [0.29, 0.717) is 44.1 Å². The lowest BCUT2D eigenvalue weighted by atomic mass is 10.0. The Labute approximate surface area is 137 Å². The molecule has 0 spiro atoms. The van der Waals surface area contributed by atoms with Crippen LogP contribution in [0.1, 0.15) is 36.5 Å². The summed E-state index contributed by atoms with van der Waals surface area (Å²) < 4.78 is 5.45. The zero-order valence-corrected chi connectivity index (χ0v) is 13.7. The molecule has 2 fully saturated rings. The Balaban J connectivity index is 1.67. The zero-order valence-electron chi connectivity index (χ0n) is 13.7. The number of aromatic nitrogens is 1. The van der Waals surface area contributed by atoms with Crippen molar-refractivity contribution in [3.05, 3.63) is 23.9 Å². The number of carbonyl (C=O) groups is 1. The quantitative estimate of drug-likeness (QED) is 0.882. The van der Waals surface area contributed by atoms with Crippen LogP contribution in [0.2, 0.25) is 0 Å². The predicted molar refractivity (Wildman–Crippen MR) is 86.6 cm³/mol. The molecule has 2 aliphatic heterocycles. The highest BCUT2D eigenvalue weighted by Gasteiger charge is 2.40. The number of hydrogen-bond acceptors (Lipinski definition) is 5. The van der Waals surface area contributed by atoms with E-state index in [9.17, 15) is 9.90 Å². The van der Waals surface area contributed by atoms with Crippen molar-refractivity contribution in [2.45, 2.75) is 31.8 Å². The second-order valence-electron chi connectivity index (χ2n) is 6.47. The Morgan fingerprint density at radius 2 is 2.17 bits per heavy atom. The van der Waals surface area contributed by atoms with Crippen molar-refractivity contribution in [1.82, 2.24) is 14.8 Å². The summed E-state index contributed by atoms with van der Waals surface area (Å²) in [7, 11) is 0. The van der Waals surface area contributed by atoms with E-state index in [0.717, 1.165) is 13.1 Å². The minimum absolute atomic E-state index is 0.112. The lowest BCUT2D eigenvalue weighted by Crippen LogP contribution is -2.45. The van der Waals surface area contributed by atoms with Gasteiger partial charge in [0.1, 0.15) is 5.56 Å². The summed E-state index contributed by atoms with van der Waals surface area (Å²) in [5.74, 6) is 0.258.